The highest BCUT2D eigenvalue weighted by atomic mass is 35.5. The number of allylic oxidation sites excluding steroid dienone is 4. The van der Waals surface area contributed by atoms with E-state index in [4.69, 9.17) is 16.3 Å². The molecule has 0 bridgehead atoms. The number of nitro benzene ring substituents is 2. The molecule has 0 amide bonds. The summed E-state index contributed by atoms with van der Waals surface area (Å²) in [6.45, 7) is 0. The van der Waals surface area contributed by atoms with Gasteiger partial charge in [-0.25, -0.2) is 0 Å². The maximum absolute atomic E-state index is 13.1. The van der Waals surface area contributed by atoms with Crippen molar-refractivity contribution in [2.75, 3.05) is 0 Å². The molecule has 11 heteroatoms. The number of hydrogen-bond donors (Lipinski definition) is 1. The Morgan fingerprint density at radius 2 is 1.44 bits per heavy atom. The second kappa shape index (κ2) is 9.19. The third-order valence-corrected chi connectivity index (χ3v) is 6.88. The lowest BCUT2D eigenvalue weighted by atomic mass is 9.71. The van der Waals surface area contributed by atoms with Crippen molar-refractivity contribution >= 4 is 34.5 Å². The van der Waals surface area contributed by atoms with E-state index in [1.54, 1.807) is 6.07 Å². The molecule has 0 radical (unpaired) electrons. The van der Waals surface area contributed by atoms with E-state index in [0.29, 0.717) is 60.3 Å². The summed E-state index contributed by atoms with van der Waals surface area (Å²) in [5.41, 5.74) is 1.92. The summed E-state index contributed by atoms with van der Waals surface area (Å²) < 4.78 is 5.96. The summed E-state index contributed by atoms with van der Waals surface area (Å²) in [4.78, 5) is 47.6. The van der Waals surface area contributed by atoms with E-state index < -0.39 is 27.1 Å². The Morgan fingerprint density at radius 3 is 2.03 bits per heavy atom. The predicted octanol–water partition coefficient (Wildman–Crippen LogP) is 5.65. The second-order valence-electron chi connectivity index (χ2n) is 8.85. The smallest absolute Gasteiger partial charge is 0.318 e. The number of hydrogen-bond acceptors (Lipinski definition) is 8. The van der Waals surface area contributed by atoms with Gasteiger partial charge in [0.05, 0.1) is 15.9 Å². The van der Waals surface area contributed by atoms with E-state index in [0.717, 1.165) is 29.6 Å². The average Bonchev–Trinajstić information content (AvgIpc) is 2.84. The van der Waals surface area contributed by atoms with Crippen molar-refractivity contribution in [3.8, 4) is 11.5 Å². The molecule has 0 spiro atoms. The van der Waals surface area contributed by atoms with E-state index >= 15 is 0 Å². The van der Waals surface area contributed by atoms with Gasteiger partial charge in [-0.3, -0.25) is 29.8 Å². The highest BCUT2D eigenvalue weighted by Crippen LogP contribution is 2.49. The molecule has 0 atom stereocenters. The molecule has 1 heterocycles. The number of rotatable bonds is 5. The van der Waals surface area contributed by atoms with Crippen LogP contribution in [0.4, 0.5) is 11.4 Å². The largest absolute Gasteiger partial charge is 0.450 e. The van der Waals surface area contributed by atoms with Gasteiger partial charge in [-0.2, -0.15) is 0 Å². The van der Waals surface area contributed by atoms with Crippen LogP contribution in [0.5, 0.6) is 11.5 Å². The van der Waals surface area contributed by atoms with Crippen LogP contribution in [0.1, 0.15) is 50.0 Å². The fourth-order valence-corrected chi connectivity index (χ4v) is 5.28. The third-order valence-electron chi connectivity index (χ3n) is 6.64. The first-order chi connectivity index (χ1) is 17.2. The fourth-order valence-electron chi connectivity index (χ4n) is 5.10. The van der Waals surface area contributed by atoms with Crippen molar-refractivity contribution in [2.45, 2.75) is 44.4 Å². The lowest BCUT2D eigenvalue weighted by Crippen LogP contribution is -2.36. The number of ether oxygens (including phenoxy) is 1. The average molecular weight is 510 g/mol. The zero-order chi connectivity index (χ0) is 25.6. The van der Waals surface area contributed by atoms with Gasteiger partial charge in [-0.05, 0) is 49.9 Å². The van der Waals surface area contributed by atoms with Gasteiger partial charge in [0, 0.05) is 58.0 Å². The topological polar surface area (TPSA) is 142 Å². The molecule has 0 unspecified atom stereocenters. The van der Waals surface area contributed by atoms with Crippen LogP contribution in [0.2, 0.25) is 5.02 Å². The summed E-state index contributed by atoms with van der Waals surface area (Å²) in [7, 11) is 0. The van der Waals surface area contributed by atoms with E-state index in [2.05, 4.69) is 5.32 Å². The van der Waals surface area contributed by atoms with Crippen molar-refractivity contribution < 1.29 is 24.2 Å². The van der Waals surface area contributed by atoms with Crippen LogP contribution in [0, 0.1) is 20.2 Å². The maximum Gasteiger partial charge on any atom is 0.318 e. The first-order valence-corrected chi connectivity index (χ1v) is 11.8. The summed E-state index contributed by atoms with van der Waals surface area (Å²) in [6, 6.07) is 7.75. The number of non-ortho nitro benzene ring substituents is 1. The summed E-state index contributed by atoms with van der Waals surface area (Å²) in [5.74, 6) is -0.936. The van der Waals surface area contributed by atoms with Gasteiger partial charge in [0.25, 0.3) is 5.69 Å². The van der Waals surface area contributed by atoms with Gasteiger partial charge < -0.3 is 10.1 Å². The molecular formula is C25H20ClN3O7. The van der Waals surface area contributed by atoms with Gasteiger partial charge in [-0.15, -0.1) is 0 Å². The van der Waals surface area contributed by atoms with Gasteiger partial charge in [-0.1, -0.05) is 11.6 Å². The molecule has 0 aromatic heterocycles. The number of benzene rings is 2. The number of nitrogens with zero attached hydrogens (tertiary/aromatic N) is 2. The Hall–Kier alpha value is -4.05. The molecule has 2 aromatic rings. The minimum Gasteiger partial charge on any atom is -0.450 e. The highest BCUT2D eigenvalue weighted by Gasteiger charge is 2.41. The minimum atomic E-state index is -0.765. The number of Topliss-reactive ketones (excluding diaryl/α,β-unsaturated/α-hetero) is 2. The Kier molecular flexibility index (Phi) is 6.05. The molecule has 0 saturated heterocycles. The predicted molar refractivity (Wildman–Crippen MR) is 129 cm³/mol. The molecule has 36 heavy (non-hydrogen) atoms. The zero-order valence-corrected chi connectivity index (χ0v) is 19.7. The third kappa shape index (κ3) is 4.13. The lowest BCUT2D eigenvalue weighted by molar-refractivity contribution is -0.394. The molecule has 5 rings (SSSR count). The van der Waals surface area contributed by atoms with E-state index in [1.165, 1.54) is 12.1 Å². The lowest BCUT2D eigenvalue weighted by Gasteiger charge is -2.37. The summed E-state index contributed by atoms with van der Waals surface area (Å²) in [5, 5.41) is 26.4. The van der Waals surface area contributed by atoms with Gasteiger partial charge in [0.2, 0.25) is 5.75 Å². The van der Waals surface area contributed by atoms with Crippen molar-refractivity contribution in [3.63, 3.8) is 0 Å². The van der Waals surface area contributed by atoms with Crippen LogP contribution >= 0.6 is 11.6 Å². The Morgan fingerprint density at radius 1 is 0.833 bits per heavy atom. The number of halogens is 1. The van der Waals surface area contributed by atoms with Crippen LogP contribution < -0.4 is 10.1 Å². The summed E-state index contributed by atoms with van der Waals surface area (Å²) >= 11 is 6.34. The number of carbonyl (C=O) groups is 2. The number of ketones is 2. The normalized spacial score (nSPS) is 17.9. The number of dihydropyridines is 1. The van der Waals surface area contributed by atoms with E-state index in [-0.39, 0.29) is 23.1 Å². The number of nitro groups is 2. The molecular weight excluding hydrogens is 490 g/mol. The molecule has 0 fully saturated rings. The van der Waals surface area contributed by atoms with Crippen molar-refractivity contribution in [3.05, 3.63) is 89.8 Å². The van der Waals surface area contributed by atoms with Gasteiger partial charge in [0.15, 0.2) is 11.6 Å². The number of nitrogens with one attached hydrogen (secondary N) is 1. The second-order valence-corrected chi connectivity index (χ2v) is 9.28. The first kappa shape index (κ1) is 23.7. The molecule has 2 aromatic carbocycles. The molecule has 3 aliphatic rings. The maximum atomic E-state index is 13.1. The monoisotopic (exact) mass is 509 g/mol. The molecule has 2 aliphatic carbocycles. The quantitative estimate of drug-likeness (QED) is 0.402. The van der Waals surface area contributed by atoms with Crippen LogP contribution in [0.15, 0.2) is 58.9 Å². The fraction of sp³-hybridized carbons (Fsp3) is 0.280. The molecule has 1 N–H and O–H groups in total. The van der Waals surface area contributed by atoms with Crippen LogP contribution in [0.3, 0.4) is 0 Å². The Labute approximate surface area is 209 Å². The van der Waals surface area contributed by atoms with Crippen molar-refractivity contribution in [2.24, 2.45) is 0 Å². The van der Waals surface area contributed by atoms with E-state index in [1.807, 2.05) is 0 Å². The standard InChI is InChI=1S/C25H20ClN3O7/c26-13-7-9-21(36-22-10-8-14(28(32)33)12-18(22)29(34)35)15(11-13)23-24-16(3-1-5-19(24)30)27-17-4-2-6-20(31)25(17)23/h7-12,23,27H,1-6H2. The van der Waals surface area contributed by atoms with Gasteiger partial charge in [0.1, 0.15) is 5.75 Å². The van der Waals surface area contributed by atoms with Crippen molar-refractivity contribution in [1.29, 1.82) is 0 Å². The molecule has 0 saturated carbocycles. The molecule has 10 nitrogen and oxygen atoms in total. The van der Waals surface area contributed by atoms with Crippen molar-refractivity contribution in [1.82, 2.24) is 5.32 Å². The van der Waals surface area contributed by atoms with Crippen LogP contribution in [-0.2, 0) is 9.59 Å². The minimum absolute atomic E-state index is 0.0779. The first-order valence-electron chi connectivity index (χ1n) is 11.4. The van der Waals surface area contributed by atoms with Gasteiger partial charge >= 0.3 is 5.69 Å². The van der Waals surface area contributed by atoms with Crippen LogP contribution in [0.25, 0.3) is 0 Å². The Balaban J connectivity index is 1.68. The molecule has 1 aliphatic heterocycles. The van der Waals surface area contributed by atoms with E-state index in [9.17, 15) is 29.8 Å². The SMILES string of the molecule is O=C1CCCC2=C1C(c1cc(Cl)ccc1Oc1ccc([N+](=O)[O-])cc1[N+](=O)[O-])C1=C(CCCC1=O)N2. The zero-order valence-electron chi connectivity index (χ0n) is 18.9. The molecule has 184 valence electrons. The summed E-state index contributed by atoms with van der Waals surface area (Å²) in [6.07, 6.45) is 3.40. The highest BCUT2D eigenvalue weighted by molar-refractivity contribution is 6.30. The van der Waals surface area contributed by atoms with Crippen LogP contribution in [-0.4, -0.2) is 21.4 Å². The number of carbonyl (C=O) groups excluding carboxylic acids is 2. The Bertz CT molecular complexity index is 1370.